The molecule has 1 unspecified atom stereocenters. The summed E-state index contributed by atoms with van der Waals surface area (Å²) in [7, 11) is 1.59. The average molecular weight is 327 g/mol. The van der Waals surface area contributed by atoms with Crippen LogP contribution < -0.4 is 9.64 Å². The van der Waals surface area contributed by atoms with E-state index < -0.39 is 0 Å². The number of amidine groups is 1. The Labute approximate surface area is 141 Å². The zero-order valence-corrected chi connectivity index (χ0v) is 14.5. The van der Waals surface area contributed by atoms with E-state index in [4.69, 9.17) is 10.1 Å². The first kappa shape index (κ1) is 16.4. The Morgan fingerprint density at radius 1 is 1.33 bits per heavy atom. The second-order valence-electron chi connectivity index (χ2n) is 6.34. The third kappa shape index (κ3) is 2.64. The molecule has 0 aliphatic carbocycles. The van der Waals surface area contributed by atoms with Gasteiger partial charge in [-0.2, -0.15) is 0 Å². The van der Waals surface area contributed by atoms with Crippen LogP contribution in [0, 0.1) is 18.2 Å². The predicted molar refractivity (Wildman–Crippen MR) is 94.6 cm³/mol. The first-order valence-electron chi connectivity index (χ1n) is 8.09. The minimum atomic E-state index is -0.320. The molecule has 4 nitrogen and oxygen atoms in total. The molecule has 0 radical (unpaired) electrons. The first-order chi connectivity index (χ1) is 11.4. The Bertz CT molecular complexity index is 803. The highest BCUT2D eigenvalue weighted by Gasteiger charge is 2.27. The quantitative estimate of drug-likeness (QED) is 0.659. The number of aryl methyl sites for hydroxylation is 2. The summed E-state index contributed by atoms with van der Waals surface area (Å²) in [6.45, 7) is 5.71. The van der Waals surface area contributed by atoms with Gasteiger partial charge in [0.2, 0.25) is 0 Å². The summed E-state index contributed by atoms with van der Waals surface area (Å²) in [5.74, 6) is 0.762. The van der Waals surface area contributed by atoms with Gasteiger partial charge in [0, 0.05) is 40.8 Å². The van der Waals surface area contributed by atoms with Gasteiger partial charge in [-0.3, -0.25) is 10.4 Å². The van der Waals surface area contributed by atoms with Crippen molar-refractivity contribution in [2.45, 2.75) is 39.7 Å². The summed E-state index contributed by atoms with van der Waals surface area (Å²) < 4.78 is 20.3. The normalized spacial score (nSPS) is 16.7. The van der Waals surface area contributed by atoms with Crippen LogP contribution >= 0.6 is 0 Å². The average Bonchev–Trinajstić information content (AvgIpc) is 2.53. The summed E-state index contributed by atoms with van der Waals surface area (Å²) in [6.07, 6.45) is 5.16. The number of hydrogen-bond acceptors (Lipinski definition) is 3. The lowest BCUT2D eigenvalue weighted by Crippen LogP contribution is -2.40. The lowest BCUT2D eigenvalue weighted by Gasteiger charge is -2.36. The Hall–Kier alpha value is -2.43. The Balaban J connectivity index is 2.17. The Morgan fingerprint density at radius 3 is 2.75 bits per heavy atom. The molecule has 0 spiro atoms. The fourth-order valence-corrected chi connectivity index (χ4v) is 3.50. The van der Waals surface area contributed by atoms with Crippen LogP contribution in [0.2, 0.25) is 0 Å². The summed E-state index contributed by atoms with van der Waals surface area (Å²) in [6, 6.07) is 3.63. The van der Waals surface area contributed by atoms with E-state index >= 15 is 0 Å². The maximum absolute atomic E-state index is 14.9. The number of rotatable bonds is 2. The summed E-state index contributed by atoms with van der Waals surface area (Å²) >= 11 is 0. The van der Waals surface area contributed by atoms with Crippen molar-refractivity contribution in [2.24, 2.45) is 0 Å². The molecule has 0 saturated heterocycles. The lowest BCUT2D eigenvalue weighted by molar-refractivity contribution is 0.412. The molecular weight excluding hydrogens is 305 g/mol. The number of nitrogens with one attached hydrogen (secondary N) is 1. The van der Waals surface area contributed by atoms with Gasteiger partial charge in [0.1, 0.15) is 11.6 Å². The number of nitrogens with zero attached hydrogens (tertiary/aromatic N) is 2. The molecule has 24 heavy (non-hydrogen) atoms. The number of methoxy groups -OCH3 is 1. The SMILES string of the molecule is COc1c(C)cncc1-c1cc2c(cc1F)N(C(C)=N)C(C)CC2. The molecule has 0 amide bonds. The standard InChI is InChI=1S/C19H22FN3O/c1-11-9-22-10-16(19(11)24-4)15-7-14-6-5-12(2)23(13(3)21)18(14)8-17(15)20/h7-10,12,21H,5-6H2,1-4H3. The molecule has 3 rings (SSSR count). The maximum Gasteiger partial charge on any atom is 0.133 e. The molecule has 2 heterocycles. The molecule has 5 heteroatoms. The second kappa shape index (κ2) is 6.23. The third-order valence-electron chi connectivity index (χ3n) is 4.63. The minimum absolute atomic E-state index is 0.204. The molecule has 1 N–H and O–H groups in total. The van der Waals surface area contributed by atoms with Gasteiger partial charge < -0.3 is 9.64 Å². The van der Waals surface area contributed by atoms with Crippen molar-refractivity contribution in [3.63, 3.8) is 0 Å². The van der Waals surface area contributed by atoms with Crippen LogP contribution in [0.3, 0.4) is 0 Å². The van der Waals surface area contributed by atoms with E-state index in [0.717, 1.165) is 29.7 Å². The summed E-state index contributed by atoms with van der Waals surface area (Å²) in [5, 5.41) is 8.00. The van der Waals surface area contributed by atoms with Gasteiger partial charge in [0.05, 0.1) is 12.9 Å². The van der Waals surface area contributed by atoms with Crippen LogP contribution in [0.25, 0.3) is 11.1 Å². The van der Waals surface area contributed by atoms with Gasteiger partial charge in [-0.05, 0) is 51.3 Å². The molecule has 0 saturated carbocycles. The highest BCUT2D eigenvalue weighted by atomic mass is 19.1. The highest BCUT2D eigenvalue weighted by Crippen LogP contribution is 2.39. The number of hydrogen-bond donors (Lipinski definition) is 1. The largest absolute Gasteiger partial charge is 0.496 e. The number of pyridine rings is 1. The van der Waals surface area contributed by atoms with E-state index in [0.29, 0.717) is 22.7 Å². The zero-order valence-electron chi connectivity index (χ0n) is 14.5. The van der Waals surface area contributed by atoms with E-state index in [1.54, 1.807) is 32.5 Å². The molecular formula is C19H22FN3O. The van der Waals surface area contributed by atoms with Crippen molar-refractivity contribution in [3.05, 3.63) is 41.5 Å². The van der Waals surface area contributed by atoms with Crippen LogP contribution in [0.15, 0.2) is 24.5 Å². The van der Waals surface area contributed by atoms with Crippen molar-refractivity contribution in [3.8, 4) is 16.9 Å². The van der Waals surface area contributed by atoms with Gasteiger partial charge >= 0.3 is 0 Å². The number of aromatic nitrogens is 1. The van der Waals surface area contributed by atoms with Crippen LogP contribution in [-0.4, -0.2) is 24.0 Å². The van der Waals surface area contributed by atoms with Crippen molar-refractivity contribution >= 4 is 11.5 Å². The molecule has 2 aromatic rings. The maximum atomic E-state index is 14.9. The van der Waals surface area contributed by atoms with E-state index in [2.05, 4.69) is 11.9 Å². The number of fused-ring (bicyclic) bond motifs is 1. The predicted octanol–water partition coefficient (Wildman–Crippen LogP) is 4.34. The number of anilines is 1. The van der Waals surface area contributed by atoms with Crippen molar-refractivity contribution in [2.75, 3.05) is 12.0 Å². The zero-order chi connectivity index (χ0) is 17.4. The molecule has 1 atom stereocenters. The van der Waals surface area contributed by atoms with Crippen molar-refractivity contribution < 1.29 is 9.13 Å². The first-order valence-corrected chi connectivity index (χ1v) is 8.09. The Kier molecular flexibility index (Phi) is 4.26. The monoisotopic (exact) mass is 327 g/mol. The number of ether oxygens (including phenoxy) is 1. The molecule has 1 aliphatic heterocycles. The van der Waals surface area contributed by atoms with Crippen molar-refractivity contribution in [1.82, 2.24) is 4.98 Å². The number of benzene rings is 1. The molecule has 0 fully saturated rings. The van der Waals surface area contributed by atoms with Crippen LogP contribution in [0.4, 0.5) is 10.1 Å². The topological polar surface area (TPSA) is 49.2 Å². The third-order valence-corrected chi connectivity index (χ3v) is 4.63. The van der Waals surface area contributed by atoms with Gasteiger partial charge in [-0.15, -0.1) is 0 Å². The highest BCUT2D eigenvalue weighted by molar-refractivity contribution is 5.96. The molecule has 1 aromatic heterocycles. The molecule has 0 bridgehead atoms. The van der Waals surface area contributed by atoms with Gasteiger partial charge in [0.25, 0.3) is 0 Å². The lowest BCUT2D eigenvalue weighted by atomic mass is 9.92. The van der Waals surface area contributed by atoms with Crippen LogP contribution in [0.5, 0.6) is 5.75 Å². The van der Waals surface area contributed by atoms with Crippen LogP contribution in [0.1, 0.15) is 31.4 Å². The minimum Gasteiger partial charge on any atom is -0.496 e. The van der Waals surface area contributed by atoms with E-state index in [9.17, 15) is 4.39 Å². The molecule has 126 valence electrons. The fourth-order valence-electron chi connectivity index (χ4n) is 3.50. The molecule has 1 aromatic carbocycles. The van der Waals surface area contributed by atoms with E-state index in [1.807, 2.05) is 17.9 Å². The Morgan fingerprint density at radius 2 is 2.08 bits per heavy atom. The van der Waals surface area contributed by atoms with Crippen molar-refractivity contribution in [1.29, 1.82) is 5.41 Å². The summed E-state index contributed by atoms with van der Waals surface area (Å²) in [5.41, 5.74) is 3.88. The van der Waals surface area contributed by atoms with E-state index in [1.165, 1.54) is 0 Å². The number of halogens is 1. The smallest absolute Gasteiger partial charge is 0.133 e. The van der Waals surface area contributed by atoms with Gasteiger partial charge in [-0.1, -0.05) is 0 Å². The van der Waals surface area contributed by atoms with Crippen LogP contribution in [-0.2, 0) is 6.42 Å². The summed E-state index contributed by atoms with van der Waals surface area (Å²) in [4.78, 5) is 6.09. The molecule has 1 aliphatic rings. The van der Waals surface area contributed by atoms with Gasteiger partial charge in [0.15, 0.2) is 0 Å². The second-order valence-corrected chi connectivity index (χ2v) is 6.34. The van der Waals surface area contributed by atoms with E-state index in [-0.39, 0.29) is 11.9 Å². The van der Waals surface area contributed by atoms with Gasteiger partial charge in [-0.25, -0.2) is 4.39 Å². The fraction of sp³-hybridized carbons (Fsp3) is 0.368.